The Kier molecular flexibility index (Phi) is 11.0. The first kappa shape index (κ1) is 26.8. The summed E-state index contributed by atoms with van der Waals surface area (Å²) in [6.07, 6.45) is 2.57. The van der Waals surface area contributed by atoms with E-state index in [1.54, 1.807) is 24.3 Å². The summed E-state index contributed by atoms with van der Waals surface area (Å²) in [4.78, 5) is 23.6. The van der Waals surface area contributed by atoms with E-state index in [0.29, 0.717) is 18.1 Å². The van der Waals surface area contributed by atoms with Gasteiger partial charge in [0.05, 0.1) is 12.2 Å². The van der Waals surface area contributed by atoms with Crippen molar-refractivity contribution in [2.75, 3.05) is 18.5 Å². The van der Waals surface area contributed by atoms with Crippen molar-refractivity contribution in [3.05, 3.63) is 54.1 Å². The van der Waals surface area contributed by atoms with Crippen molar-refractivity contribution in [3.63, 3.8) is 0 Å². The van der Waals surface area contributed by atoms with Gasteiger partial charge < -0.3 is 14.8 Å². The Labute approximate surface area is 197 Å². The SMILES string of the molecule is CCCCCCCCOc1ccc(OCC(=O)NNC(=O)Nc2cccc(C(F)(F)F)c2)cc1. The standard InChI is InChI=1S/C24H30F3N3O4/c1-2-3-4-5-6-7-15-33-20-11-13-21(14-12-20)34-17-22(31)29-30-23(32)28-19-10-8-9-18(16-19)24(25,26)27/h8-14,16H,2-7,15,17H2,1H3,(H,29,31)(H2,28,30,32). The lowest BCUT2D eigenvalue weighted by atomic mass is 10.1. The Morgan fingerprint density at radius 1 is 0.853 bits per heavy atom. The molecule has 3 amide bonds. The van der Waals surface area contributed by atoms with E-state index in [1.165, 1.54) is 31.7 Å². The molecule has 0 atom stereocenters. The highest BCUT2D eigenvalue weighted by Gasteiger charge is 2.30. The number of urea groups is 1. The second-order valence-corrected chi connectivity index (χ2v) is 7.58. The summed E-state index contributed by atoms with van der Waals surface area (Å²) in [5.74, 6) is 0.497. The van der Waals surface area contributed by atoms with Crippen LogP contribution in [0.4, 0.5) is 23.7 Å². The summed E-state index contributed by atoms with van der Waals surface area (Å²) in [5, 5.41) is 2.20. The van der Waals surface area contributed by atoms with Crippen LogP contribution in [0.15, 0.2) is 48.5 Å². The first-order chi connectivity index (χ1) is 16.3. The van der Waals surface area contributed by atoms with Gasteiger partial charge in [-0.1, -0.05) is 45.1 Å². The maximum absolute atomic E-state index is 12.7. The molecule has 7 nitrogen and oxygen atoms in total. The van der Waals surface area contributed by atoms with Crippen LogP contribution in [0.3, 0.4) is 0 Å². The molecular formula is C24H30F3N3O4. The van der Waals surface area contributed by atoms with Crippen LogP contribution in [-0.4, -0.2) is 25.2 Å². The zero-order chi connectivity index (χ0) is 24.8. The summed E-state index contributed by atoms with van der Waals surface area (Å²) in [5.41, 5.74) is 3.18. The number of nitrogens with one attached hydrogen (secondary N) is 3. The summed E-state index contributed by atoms with van der Waals surface area (Å²) in [6, 6.07) is 10.0. The van der Waals surface area contributed by atoms with Gasteiger partial charge in [-0.15, -0.1) is 0 Å². The largest absolute Gasteiger partial charge is 0.494 e. The zero-order valence-electron chi connectivity index (χ0n) is 19.0. The van der Waals surface area contributed by atoms with E-state index < -0.39 is 23.7 Å². The van der Waals surface area contributed by atoms with E-state index >= 15 is 0 Å². The number of carbonyl (C=O) groups is 2. The van der Waals surface area contributed by atoms with Gasteiger partial charge in [-0.3, -0.25) is 10.2 Å². The second kappa shape index (κ2) is 14.0. The van der Waals surface area contributed by atoms with Crippen molar-refractivity contribution in [1.82, 2.24) is 10.9 Å². The minimum absolute atomic E-state index is 0.0726. The number of anilines is 1. The van der Waals surface area contributed by atoms with Gasteiger partial charge >= 0.3 is 12.2 Å². The third-order valence-electron chi connectivity index (χ3n) is 4.72. The van der Waals surface area contributed by atoms with Gasteiger partial charge in [0, 0.05) is 5.69 Å². The summed E-state index contributed by atoms with van der Waals surface area (Å²) >= 11 is 0. The molecule has 0 heterocycles. The van der Waals surface area contributed by atoms with E-state index in [1.807, 2.05) is 5.43 Å². The fourth-order valence-corrected chi connectivity index (χ4v) is 2.95. The lowest BCUT2D eigenvalue weighted by Gasteiger charge is -2.12. The third-order valence-corrected chi connectivity index (χ3v) is 4.72. The fourth-order valence-electron chi connectivity index (χ4n) is 2.95. The molecule has 0 fully saturated rings. The minimum atomic E-state index is -4.53. The molecule has 10 heteroatoms. The highest BCUT2D eigenvalue weighted by atomic mass is 19.4. The maximum Gasteiger partial charge on any atom is 0.416 e. The molecule has 186 valence electrons. The number of amides is 3. The smallest absolute Gasteiger partial charge is 0.416 e. The van der Waals surface area contributed by atoms with E-state index in [0.717, 1.165) is 31.0 Å². The predicted octanol–water partition coefficient (Wildman–Crippen LogP) is 5.68. The van der Waals surface area contributed by atoms with Crippen LogP contribution < -0.4 is 25.6 Å². The van der Waals surface area contributed by atoms with Gasteiger partial charge in [-0.05, 0) is 48.9 Å². The molecule has 0 saturated heterocycles. The highest BCUT2D eigenvalue weighted by molar-refractivity contribution is 5.91. The first-order valence-corrected chi connectivity index (χ1v) is 11.2. The van der Waals surface area contributed by atoms with Crippen LogP contribution in [0, 0.1) is 0 Å². The van der Waals surface area contributed by atoms with E-state index in [2.05, 4.69) is 17.7 Å². The molecule has 0 bridgehead atoms. The normalized spacial score (nSPS) is 10.9. The molecule has 0 radical (unpaired) electrons. The quantitative estimate of drug-likeness (QED) is 0.269. The number of unbranched alkanes of at least 4 members (excludes halogenated alkanes) is 5. The van der Waals surface area contributed by atoms with Crippen LogP contribution >= 0.6 is 0 Å². The number of benzene rings is 2. The number of ether oxygens (including phenoxy) is 2. The van der Waals surface area contributed by atoms with Crippen molar-refractivity contribution in [2.45, 2.75) is 51.6 Å². The molecule has 0 aliphatic carbocycles. The molecule has 2 rings (SSSR count). The molecule has 2 aromatic rings. The number of carbonyl (C=O) groups excluding carboxylic acids is 2. The van der Waals surface area contributed by atoms with Gasteiger partial charge in [0.15, 0.2) is 6.61 Å². The molecule has 0 unspecified atom stereocenters. The molecule has 2 aromatic carbocycles. The number of alkyl halides is 3. The summed E-state index contributed by atoms with van der Waals surface area (Å²) in [7, 11) is 0. The van der Waals surface area contributed by atoms with Crippen molar-refractivity contribution in [1.29, 1.82) is 0 Å². The Morgan fingerprint density at radius 2 is 1.50 bits per heavy atom. The molecule has 0 saturated carbocycles. The molecular weight excluding hydrogens is 451 g/mol. The van der Waals surface area contributed by atoms with Crippen LogP contribution in [0.2, 0.25) is 0 Å². The maximum atomic E-state index is 12.7. The van der Waals surface area contributed by atoms with E-state index in [-0.39, 0.29) is 12.3 Å². The topological polar surface area (TPSA) is 88.7 Å². The summed E-state index contributed by atoms with van der Waals surface area (Å²) < 4.78 is 49.2. The van der Waals surface area contributed by atoms with Crippen LogP contribution in [0.1, 0.15) is 51.0 Å². The van der Waals surface area contributed by atoms with E-state index in [9.17, 15) is 22.8 Å². The van der Waals surface area contributed by atoms with Crippen molar-refractivity contribution in [3.8, 4) is 11.5 Å². The Hall–Kier alpha value is -3.43. The predicted molar refractivity (Wildman–Crippen MR) is 123 cm³/mol. The van der Waals surface area contributed by atoms with Gasteiger partial charge in [-0.25, -0.2) is 10.2 Å². The highest BCUT2D eigenvalue weighted by Crippen LogP contribution is 2.30. The zero-order valence-corrected chi connectivity index (χ0v) is 19.0. The van der Waals surface area contributed by atoms with Gasteiger partial charge in [0.2, 0.25) is 0 Å². The Bertz CT molecular complexity index is 905. The van der Waals surface area contributed by atoms with Crippen LogP contribution in [-0.2, 0) is 11.0 Å². The fraction of sp³-hybridized carbons (Fsp3) is 0.417. The van der Waals surface area contributed by atoms with Crippen molar-refractivity contribution in [2.24, 2.45) is 0 Å². The number of hydrogen-bond acceptors (Lipinski definition) is 4. The molecule has 0 spiro atoms. The number of hydrogen-bond donors (Lipinski definition) is 3. The van der Waals surface area contributed by atoms with E-state index in [4.69, 9.17) is 9.47 Å². The number of hydrazine groups is 1. The van der Waals surface area contributed by atoms with Gasteiger partial charge in [-0.2, -0.15) is 13.2 Å². The Balaban J connectivity index is 1.64. The second-order valence-electron chi connectivity index (χ2n) is 7.58. The number of halogens is 3. The van der Waals surface area contributed by atoms with Crippen molar-refractivity contribution < 1.29 is 32.2 Å². The Morgan fingerprint density at radius 3 is 2.18 bits per heavy atom. The third kappa shape index (κ3) is 10.5. The molecule has 3 N–H and O–H groups in total. The van der Waals surface area contributed by atoms with Gasteiger partial charge in [0.1, 0.15) is 11.5 Å². The van der Waals surface area contributed by atoms with Crippen LogP contribution in [0.5, 0.6) is 11.5 Å². The minimum Gasteiger partial charge on any atom is -0.494 e. The molecule has 0 aliphatic heterocycles. The van der Waals surface area contributed by atoms with Crippen LogP contribution in [0.25, 0.3) is 0 Å². The van der Waals surface area contributed by atoms with Crippen molar-refractivity contribution >= 4 is 17.6 Å². The lowest BCUT2D eigenvalue weighted by molar-refractivity contribution is -0.137. The average Bonchev–Trinajstić information content (AvgIpc) is 2.81. The van der Waals surface area contributed by atoms with Gasteiger partial charge in [0.25, 0.3) is 5.91 Å². The monoisotopic (exact) mass is 481 g/mol. The first-order valence-electron chi connectivity index (χ1n) is 11.2. The average molecular weight is 482 g/mol. The number of rotatable bonds is 12. The molecule has 0 aromatic heterocycles. The lowest BCUT2D eigenvalue weighted by Crippen LogP contribution is -2.45. The summed E-state index contributed by atoms with van der Waals surface area (Å²) in [6.45, 7) is 2.46. The molecule has 0 aliphatic rings. The molecule has 34 heavy (non-hydrogen) atoms.